The molecule has 0 aromatic heterocycles. The summed E-state index contributed by atoms with van der Waals surface area (Å²) < 4.78 is 5.21. The highest BCUT2D eigenvalue weighted by molar-refractivity contribution is 4.95. The Morgan fingerprint density at radius 2 is 2.44 bits per heavy atom. The molecule has 1 saturated heterocycles. The monoisotopic (exact) mass is 127 g/mol. The zero-order valence-electron chi connectivity index (χ0n) is 5.98. The Labute approximate surface area is 55.9 Å². The molecule has 1 aliphatic rings. The van der Waals surface area contributed by atoms with Crippen LogP contribution in [0.5, 0.6) is 0 Å². The molecule has 0 aromatic rings. The highest BCUT2D eigenvalue weighted by Gasteiger charge is 2.04. The van der Waals surface area contributed by atoms with Crippen LogP contribution < -0.4 is 5.32 Å². The van der Waals surface area contributed by atoms with Gasteiger partial charge in [-0.15, -0.1) is 0 Å². The summed E-state index contributed by atoms with van der Waals surface area (Å²) in [4.78, 5) is 0. The van der Waals surface area contributed by atoms with Gasteiger partial charge in [-0.2, -0.15) is 0 Å². The van der Waals surface area contributed by atoms with Gasteiger partial charge in [0.25, 0.3) is 0 Å². The van der Waals surface area contributed by atoms with Gasteiger partial charge in [0.1, 0.15) is 6.61 Å². The van der Waals surface area contributed by atoms with Gasteiger partial charge < -0.3 is 10.1 Å². The zero-order valence-corrected chi connectivity index (χ0v) is 5.98. The Hall–Kier alpha value is -0.660. The minimum absolute atomic E-state index is 0.575. The van der Waals surface area contributed by atoms with Crippen LogP contribution in [0, 0.1) is 5.92 Å². The molecule has 2 heteroatoms. The molecule has 52 valence electrons. The minimum Gasteiger partial charge on any atom is -0.478 e. The summed E-state index contributed by atoms with van der Waals surface area (Å²) in [6.45, 7) is 6.05. The van der Waals surface area contributed by atoms with Gasteiger partial charge in [-0.05, 0) is 12.0 Å². The van der Waals surface area contributed by atoms with E-state index in [1.165, 1.54) is 0 Å². The quantitative estimate of drug-likeness (QED) is 0.569. The third kappa shape index (κ3) is 1.96. The van der Waals surface area contributed by atoms with Gasteiger partial charge in [-0.3, -0.25) is 0 Å². The van der Waals surface area contributed by atoms with Crippen molar-refractivity contribution in [2.45, 2.75) is 13.8 Å². The van der Waals surface area contributed by atoms with Crippen molar-refractivity contribution >= 4 is 0 Å². The first-order chi connectivity index (χ1) is 4.29. The van der Waals surface area contributed by atoms with Crippen LogP contribution in [-0.2, 0) is 4.74 Å². The average Bonchev–Trinajstić information content (AvgIpc) is 2.15. The molecule has 0 spiro atoms. The lowest BCUT2D eigenvalue weighted by Gasteiger charge is -1.99. The number of ether oxygens (including phenoxy) is 1. The van der Waals surface area contributed by atoms with Gasteiger partial charge in [0.15, 0.2) is 5.88 Å². The number of allylic oxidation sites excluding steroid dienone is 1. The fourth-order valence-corrected chi connectivity index (χ4v) is 0.796. The van der Waals surface area contributed by atoms with Crippen molar-refractivity contribution in [2.75, 3.05) is 13.2 Å². The van der Waals surface area contributed by atoms with Gasteiger partial charge in [-0.25, -0.2) is 0 Å². The van der Waals surface area contributed by atoms with Crippen LogP contribution in [-0.4, -0.2) is 13.2 Å². The highest BCUT2D eigenvalue weighted by atomic mass is 16.5. The molecule has 0 aliphatic carbocycles. The van der Waals surface area contributed by atoms with Crippen LogP contribution in [0.3, 0.4) is 0 Å². The standard InChI is InChI=1S/C7H13NO/c1-6(2)5-7-8-3-4-9-7/h5-6,8H,3-4H2,1-2H3. The molecule has 0 saturated carbocycles. The molecular weight excluding hydrogens is 114 g/mol. The van der Waals surface area contributed by atoms with Crippen molar-refractivity contribution in [3.05, 3.63) is 12.0 Å². The van der Waals surface area contributed by atoms with Gasteiger partial charge >= 0.3 is 0 Å². The van der Waals surface area contributed by atoms with Crippen LogP contribution >= 0.6 is 0 Å². The van der Waals surface area contributed by atoms with Crippen LogP contribution in [0.2, 0.25) is 0 Å². The number of nitrogens with one attached hydrogen (secondary N) is 1. The zero-order chi connectivity index (χ0) is 6.69. The molecule has 1 N–H and O–H groups in total. The topological polar surface area (TPSA) is 21.3 Å². The number of hydrogen-bond donors (Lipinski definition) is 1. The molecule has 1 fully saturated rings. The van der Waals surface area contributed by atoms with Crippen LogP contribution in [0.1, 0.15) is 13.8 Å². The molecule has 0 bridgehead atoms. The van der Waals surface area contributed by atoms with E-state index in [4.69, 9.17) is 4.74 Å². The summed E-state index contributed by atoms with van der Waals surface area (Å²) in [5.41, 5.74) is 0. The lowest BCUT2D eigenvalue weighted by atomic mass is 10.2. The van der Waals surface area contributed by atoms with E-state index < -0.39 is 0 Å². The summed E-state index contributed by atoms with van der Waals surface area (Å²) >= 11 is 0. The van der Waals surface area contributed by atoms with Crippen LogP contribution in [0.4, 0.5) is 0 Å². The van der Waals surface area contributed by atoms with Crippen molar-refractivity contribution in [1.82, 2.24) is 5.32 Å². The maximum atomic E-state index is 5.21. The van der Waals surface area contributed by atoms with E-state index >= 15 is 0 Å². The van der Waals surface area contributed by atoms with Crippen LogP contribution in [0.15, 0.2) is 12.0 Å². The van der Waals surface area contributed by atoms with E-state index in [2.05, 4.69) is 25.2 Å². The molecule has 0 radical (unpaired) electrons. The second-order valence-electron chi connectivity index (χ2n) is 2.55. The number of rotatable bonds is 1. The normalized spacial score (nSPS) is 22.3. The molecule has 0 unspecified atom stereocenters. The Bertz CT molecular complexity index is 110. The summed E-state index contributed by atoms with van der Waals surface area (Å²) in [6.07, 6.45) is 2.09. The maximum absolute atomic E-state index is 5.21. The van der Waals surface area contributed by atoms with E-state index in [0.717, 1.165) is 19.0 Å². The Morgan fingerprint density at radius 1 is 1.67 bits per heavy atom. The van der Waals surface area contributed by atoms with Crippen molar-refractivity contribution < 1.29 is 4.74 Å². The van der Waals surface area contributed by atoms with E-state index in [-0.39, 0.29) is 0 Å². The Kier molecular flexibility index (Phi) is 1.98. The van der Waals surface area contributed by atoms with Crippen LogP contribution in [0.25, 0.3) is 0 Å². The second-order valence-corrected chi connectivity index (χ2v) is 2.55. The van der Waals surface area contributed by atoms with Gasteiger partial charge in [0.05, 0.1) is 6.54 Å². The predicted octanol–water partition coefficient (Wildman–Crippen LogP) is 1.10. The molecule has 2 nitrogen and oxygen atoms in total. The molecular formula is C7H13NO. The lowest BCUT2D eigenvalue weighted by Crippen LogP contribution is -2.05. The summed E-state index contributed by atoms with van der Waals surface area (Å²) in [6, 6.07) is 0. The van der Waals surface area contributed by atoms with Gasteiger partial charge in [0.2, 0.25) is 0 Å². The van der Waals surface area contributed by atoms with Crippen molar-refractivity contribution in [2.24, 2.45) is 5.92 Å². The van der Waals surface area contributed by atoms with E-state index in [1.54, 1.807) is 0 Å². The Morgan fingerprint density at radius 3 is 2.89 bits per heavy atom. The first-order valence-corrected chi connectivity index (χ1v) is 3.37. The molecule has 0 amide bonds. The van der Waals surface area contributed by atoms with Gasteiger partial charge in [0, 0.05) is 0 Å². The molecule has 0 aromatic carbocycles. The minimum atomic E-state index is 0.575. The molecule has 1 aliphatic heterocycles. The Balaban J connectivity index is 2.39. The smallest absolute Gasteiger partial charge is 0.182 e. The molecule has 1 heterocycles. The third-order valence-electron chi connectivity index (χ3n) is 1.14. The largest absolute Gasteiger partial charge is 0.478 e. The fourth-order valence-electron chi connectivity index (χ4n) is 0.796. The second kappa shape index (κ2) is 2.76. The third-order valence-corrected chi connectivity index (χ3v) is 1.14. The first kappa shape index (κ1) is 6.46. The molecule has 0 atom stereocenters. The van der Waals surface area contributed by atoms with Crippen molar-refractivity contribution in [3.63, 3.8) is 0 Å². The fraction of sp³-hybridized carbons (Fsp3) is 0.714. The molecule has 9 heavy (non-hydrogen) atoms. The van der Waals surface area contributed by atoms with E-state index in [0.29, 0.717) is 5.92 Å². The summed E-state index contributed by atoms with van der Waals surface area (Å²) in [5, 5.41) is 3.13. The average molecular weight is 127 g/mol. The SMILES string of the molecule is CC(C)C=C1NCCO1. The summed E-state index contributed by atoms with van der Waals surface area (Å²) in [5.74, 6) is 1.52. The van der Waals surface area contributed by atoms with Crippen molar-refractivity contribution in [3.8, 4) is 0 Å². The number of hydrogen-bond acceptors (Lipinski definition) is 2. The highest BCUT2D eigenvalue weighted by Crippen LogP contribution is 2.04. The maximum Gasteiger partial charge on any atom is 0.182 e. The first-order valence-electron chi connectivity index (χ1n) is 3.37. The lowest BCUT2D eigenvalue weighted by molar-refractivity contribution is 0.262. The van der Waals surface area contributed by atoms with Gasteiger partial charge in [-0.1, -0.05) is 13.8 Å². The van der Waals surface area contributed by atoms with E-state index in [9.17, 15) is 0 Å². The van der Waals surface area contributed by atoms with E-state index in [1.807, 2.05) is 0 Å². The van der Waals surface area contributed by atoms with Crippen molar-refractivity contribution in [1.29, 1.82) is 0 Å². The predicted molar refractivity (Wildman–Crippen MR) is 36.9 cm³/mol. The molecule has 1 rings (SSSR count). The summed E-state index contributed by atoms with van der Waals surface area (Å²) in [7, 11) is 0.